The Morgan fingerprint density at radius 2 is 1.84 bits per heavy atom. The molecule has 3 N–H and O–H groups in total. The Labute approximate surface area is 148 Å². The minimum absolute atomic E-state index is 0.398. The fourth-order valence-corrected chi connectivity index (χ4v) is 2.54. The maximum Gasteiger partial charge on any atom is 0.193 e. The zero-order chi connectivity index (χ0) is 17.8. The topological polar surface area (TPSA) is 68.2 Å². The van der Waals surface area contributed by atoms with Crippen molar-refractivity contribution in [3.63, 3.8) is 0 Å². The van der Waals surface area contributed by atoms with Gasteiger partial charge in [0.05, 0.1) is 17.9 Å². The largest absolute Gasteiger partial charge is 0.370 e. The number of aryl methyl sites for hydroxylation is 3. The quantitative estimate of drug-likeness (QED) is 0.565. The Kier molecular flexibility index (Phi) is 4.84. The van der Waals surface area contributed by atoms with E-state index in [2.05, 4.69) is 41.4 Å². The van der Waals surface area contributed by atoms with Gasteiger partial charge in [-0.05, 0) is 56.2 Å². The summed E-state index contributed by atoms with van der Waals surface area (Å²) in [4.78, 5) is 4.44. The van der Waals surface area contributed by atoms with Gasteiger partial charge < -0.3 is 11.1 Å². The first-order valence-electron chi connectivity index (χ1n) is 8.27. The number of nitrogens with two attached hydrogens (primary N) is 1. The predicted octanol–water partition coefficient (Wildman–Crippen LogP) is 3.72. The molecule has 0 spiro atoms. The second-order valence-electron chi connectivity index (χ2n) is 6.15. The summed E-state index contributed by atoms with van der Waals surface area (Å²) < 4.78 is 1.87. The zero-order valence-corrected chi connectivity index (χ0v) is 14.8. The van der Waals surface area contributed by atoms with Crippen molar-refractivity contribution in [3.8, 4) is 5.69 Å². The van der Waals surface area contributed by atoms with Gasteiger partial charge in [-0.2, -0.15) is 5.10 Å². The van der Waals surface area contributed by atoms with Gasteiger partial charge in [0.15, 0.2) is 5.96 Å². The van der Waals surface area contributed by atoms with Crippen molar-refractivity contribution in [1.82, 2.24) is 9.78 Å². The van der Waals surface area contributed by atoms with Crippen LogP contribution < -0.4 is 11.1 Å². The lowest BCUT2D eigenvalue weighted by Crippen LogP contribution is -2.22. The molecule has 0 unspecified atom stereocenters. The minimum Gasteiger partial charge on any atom is -0.370 e. The van der Waals surface area contributed by atoms with E-state index in [4.69, 9.17) is 5.73 Å². The normalized spacial score (nSPS) is 11.6. The number of hydrogen-bond donors (Lipinski definition) is 2. The molecule has 0 bridgehead atoms. The highest BCUT2D eigenvalue weighted by Crippen LogP contribution is 2.15. The fraction of sp³-hybridized carbons (Fsp3) is 0.200. The highest BCUT2D eigenvalue weighted by molar-refractivity contribution is 5.92. The lowest BCUT2D eigenvalue weighted by Gasteiger charge is -2.08. The molecule has 5 heteroatoms. The van der Waals surface area contributed by atoms with E-state index in [1.807, 2.05) is 54.2 Å². The third-order valence-electron chi connectivity index (χ3n) is 4.22. The molecule has 0 atom stereocenters. The third kappa shape index (κ3) is 4.07. The van der Waals surface area contributed by atoms with E-state index in [1.165, 1.54) is 11.1 Å². The molecule has 1 aromatic heterocycles. The van der Waals surface area contributed by atoms with Crippen LogP contribution in [0.1, 0.15) is 22.4 Å². The Morgan fingerprint density at radius 1 is 1.08 bits per heavy atom. The van der Waals surface area contributed by atoms with Crippen molar-refractivity contribution >= 4 is 11.6 Å². The van der Waals surface area contributed by atoms with Crippen LogP contribution in [-0.2, 0) is 6.54 Å². The van der Waals surface area contributed by atoms with Crippen LogP contribution in [0.15, 0.2) is 59.7 Å². The molecule has 1 heterocycles. The van der Waals surface area contributed by atoms with Gasteiger partial charge in [-0.15, -0.1) is 0 Å². The van der Waals surface area contributed by atoms with E-state index in [1.54, 1.807) is 0 Å². The monoisotopic (exact) mass is 333 g/mol. The Hall–Kier alpha value is -3.08. The van der Waals surface area contributed by atoms with E-state index < -0.39 is 0 Å². The average molecular weight is 333 g/mol. The van der Waals surface area contributed by atoms with Gasteiger partial charge in [-0.1, -0.05) is 24.3 Å². The van der Waals surface area contributed by atoms with Crippen LogP contribution in [-0.4, -0.2) is 15.7 Å². The summed E-state index contributed by atoms with van der Waals surface area (Å²) in [5.74, 6) is 0.398. The van der Waals surface area contributed by atoms with Gasteiger partial charge in [0, 0.05) is 17.4 Å². The molecule has 0 aliphatic heterocycles. The van der Waals surface area contributed by atoms with Crippen LogP contribution in [0.2, 0.25) is 0 Å². The van der Waals surface area contributed by atoms with E-state index in [0.29, 0.717) is 12.5 Å². The molecule has 2 aromatic carbocycles. The first-order valence-corrected chi connectivity index (χ1v) is 8.27. The van der Waals surface area contributed by atoms with Crippen molar-refractivity contribution in [2.24, 2.45) is 10.7 Å². The first-order chi connectivity index (χ1) is 12.0. The summed E-state index contributed by atoms with van der Waals surface area (Å²) in [6.07, 6.45) is 2.00. The molecular weight excluding hydrogens is 310 g/mol. The number of guanidine groups is 1. The Bertz CT molecular complexity index is 894. The van der Waals surface area contributed by atoms with Gasteiger partial charge in [0.25, 0.3) is 0 Å². The zero-order valence-electron chi connectivity index (χ0n) is 14.8. The van der Waals surface area contributed by atoms with Crippen LogP contribution in [0.25, 0.3) is 5.69 Å². The number of nitrogens with one attached hydrogen (secondary N) is 1. The molecule has 3 aromatic rings. The molecule has 0 radical (unpaired) electrons. The number of anilines is 1. The molecule has 0 saturated heterocycles. The number of para-hydroxylation sites is 1. The van der Waals surface area contributed by atoms with Crippen molar-refractivity contribution < 1.29 is 0 Å². The lowest BCUT2D eigenvalue weighted by atomic mass is 10.1. The Morgan fingerprint density at radius 3 is 2.56 bits per heavy atom. The molecule has 0 aliphatic carbocycles. The average Bonchev–Trinajstić information content (AvgIpc) is 2.98. The summed E-state index contributed by atoms with van der Waals surface area (Å²) in [6, 6.07) is 16.2. The summed E-state index contributed by atoms with van der Waals surface area (Å²) in [5, 5.41) is 7.69. The standard InChI is InChI=1S/C20H23N5/c1-14-9-10-18(11-15(14)2)23-20(21)22-12-17-13-25(24-16(17)3)19-7-5-4-6-8-19/h4-11,13H,12H2,1-3H3,(H3,21,22,23). The van der Waals surface area contributed by atoms with Crippen LogP contribution >= 0.6 is 0 Å². The summed E-state index contributed by atoms with van der Waals surface area (Å²) >= 11 is 0. The van der Waals surface area contributed by atoms with Crippen molar-refractivity contribution in [1.29, 1.82) is 0 Å². The van der Waals surface area contributed by atoms with Gasteiger partial charge in [-0.3, -0.25) is 0 Å². The number of aromatic nitrogens is 2. The number of rotatable bonds is 4. The summed E-state index contributed by atoms with van der Waals surface area (Å²) in [6.45, 7) is 6.64. The second-order valence-corrected chi connectivity index (χ2v) is 6.15. The van der Waals surface area contributed by atoms with E-state index >= 15 is 0 Å². The van der Waals surface area contributed by atoms with Crippen LogP contribution in [0, 0.1) is 20.8 Å². The second kappa shape index (κ2) is 7.21. The summed E-state index contributed by atoms with van der Waals surface area (Å²) in [5.41, 5.74) is 12.5. The smallest absolute Gasteiger partial charge is 0.193 e. The molecule has 3 rings (SSSR count). The van der Waals surface area contributed by atoms with Crippen molar-refractivity contribution in [3.05, 3.63) is 77.1 Å². The fourth-order valence-electron chi connectivity index (χ4n) is 2.54. The molecule has 0 aliphatic rings. The molecule has 0 fully saturated rings. The SMILES string of the molecule is Cc1ccc(NC(N)=NCc2cn(-c3ccccc3)nc2C)cc1C. The van der Waals surface area contributed by atoms with E-state index in [9.17, 15) is 0 Å². The molecule has 5 nitrogen and oxygen atoms in total. The maximum absolute atomic E-state index is 6.02. The van der Waals surface area contributed by atoms with Crippen LogP contribution in [0.4, 0.5) is 5.69 Å². The van der Waals surface area contributed by atoms with E-state index in [-0.39, 0.29) is 0 Å². The summed E-state index contributed by atoms with van der Waals surface area (Å²) in [7, 11) is 0. The number of nitrogens with zero attached hydrogens (tertiary/aromatic N) is 3. The first kappa shape index (κ1) is 16.8. The van der Waals surface area contributed by atoms with Gasteiger partial charge in [0.2, 0.25) is 0 Å². The number of benzene rings is 2. The van der Waals surface area contributed by atoms with Crippen LogP contribution in [0.3, 0.4) is 0 Å². The third-order valence-corrected chi connectivity index (χ3v) is 4.22. The van der Waals surface area contributed by atoms with Gasteiger partial charge in [0.1, 0.15) is 0 Å². The number of aliphatic imine (C=N–C) groups is 1. The highest BCUT2D eigenvalue weighted by Gasteiger charge is 2.06. The molecule has 128 valence electrons. The molecular formula is C20H23N5. The van der Waals surface area contributed by atoms with Crippen molar-refractivity contribution in [2.45, 2.75) is 27.3 Å². The Balaban J connectivity index is 1.70. The van der Waals surface area contributed by atoms with Gasteiger partial charge >= 0.3 is 0 Å². The number of hydrogen-bond acceptors (Lipinski definition) is 2. The van der Waals surface area contributed by atoms with E-state index in [0.717, 1.165) is 22.6 Å². The highest BCUT2D eigenvalue weighted by atomic mass is 15.3. The lowest BCUT2D eigenvalue weighted by molar-refractivity contribution is 0.863. The predicted molar refractivity (Wildman–Crippen MR) is 103 cm³/mol. The minimum atomic E-state index is 0.398. The molecule has 25 heavy (non-hydrogen) atoms. The van der Waals surface area contributed by atoms with Gasteiger partial charge in [-0.25, -0.2) is 9.67 Å². The van der Waals surface area contributed by atoms with Crippen LogP contribution in [0.5, 0.6) is 0 Å². The molecule has 0 amide bonds. The maximum atomic E-state index is 6.02. The van der Waals surface area contributed by atoms with Crippen molar-refractivity contribution in [2.75, 3.05) is 5.32 Å². The molecule has 0 saturated carbocycles.